The number of nitrogens with zero attached hydrogens (tertiary/aromatic N) is 1. The Hall–Kier alpha value is -2.34. The van der Waals surface area contributed by atoms with E-state index in [0.29, 0.717) is 19.0 Å². The van der Waals surface area contributed by atoms with Gasteiger partial charge in [0.2, 0.25) is 0 Å². The molecule has 4 N–H and O–H groups in total. The molecule has 2 rings (SSSR count). The van der Waals surface area contributed by atoms with Crippen molar-refractivity contribution in [1.29, 1.82) is 0 Å². The Morgan fingerprint density at radius 3 is 2.78 bits per heavy atom. The third kappa shape index (κ3) is 3.33. The summed E-state index contributed by atoms with van der Waals surface area (Å²) < 4.78 is 5.36. The molecule has 0 amide bonds. The molecule has 0 fully saturated rings. The van der Waals surface area contributed by atoms with Gasteiger partial charge >= 0.3 is 0 Å². The number of aromatic nitrogens is 2. The molecule has 1 aromatic carbocycles. The lowest BCUT2D eigenvalue weighted by atomic mass is 10.3. The molecule has 18 heavy (non-hydrogen) atoms. The van der Waals surface area contributed by atoms with Gasteiger partial charge in [0.15, 0.2) is 0 Å². The summed E-state index contributed by atoms with van der Waals surface area (Å²) in [7, 11) is 0. The highest BCUT2D eigenvalue weighted by Gasteiger charge is 1.98. The van der Waals surface area contributed by atoms with E-state index in [1.165, 1.54) is 12.4 Å². The molecule has 0 atom stereocenters. The molecule has 0 radical (unpaired) electrons. The van der Waals surface area contributed by atoms with Gasteiger partial charge in [-0.3, -0.25) is 4.79 Å². The van der Waals surface area contributed by atoms with Crippen LogP contribution in [0.25, 0.3) is 0 Å². The number of nitrogens with one attached hydrogen (secondary N) is 2. The fourth-order valence-electron chi connectivity index (χ4n) is 1.40. The maximum Gasteiger partial charge on any atom is 0.252 e. The molecule has 1 aromatic heterocycles. The average molecular weight is 246 g/mol. The topological polar surface area (TPSA) is 93.0 Å². The van der Waals surface area contributed by atoms with Crippen molar-refractivity contribution in [3.63, 3.8) is 0 Å². The first-order chi connectivity index (χ1) is 8.78. The third-order valence-corrected chi connectivity index (χ3v) is 2.19. The second-order valence-corrected chi connectivity index (χ2v) is 3.58. The highest BCUT2D eigenvalue weighted by atomic mass is 16.5. The number of rotatable bonds is 5. The van der Waals surface area contributed by atoms with Gasteiger partial charge < -0.3 is 20.8 Å². The molecule has 0 spiro atoms. The van der Waals surface area contributed by atoms with Gasteiger partial charge in [-0.15, -0.1) is 0 Å². The summed E-state index contributed by atoms with van der Waals surface area (Å²) in [5, 5.41) is 3.02. The van der Waals surface area contributed by atoms with Crippen LogP contribution in [0.3, 0.4) is 0 Å². The van der Waals surface area contributed by atoms with Gasteiger partial charge in [-0.2, -0.15) is 0 Å². The van der Waals surface area contributed by atoms with Crippen LogP contribution < -0.4 is 21.3 Å². The van der Waals surface area contributed by atoms with Gasteiger partial charge in [-0.25, -0.2) is 4.98 Å². The van der Waals surface area contributed by atoms with Gasteiger partial charge in [-0.1, -0.05) is 0 Å². The molecule has 6 nitrogen and oxygen atoms in total. The fourth-order valence-corrected chi connectivity index (χ4v) is 1.40. The average Bonchev–Trinajstić information content (AvgIpc) is 2.38. The number of H-pyrrole nitrogens is 1. The highest BCUT2D eigenvalue weighted by molar-refractivity contribution is 5.56. The predicted octanol–water partition coefficient (Wildman–Crippen LogP) is 0.851. The van der Waals surface area contributed by atoms with Crippen molar-refractivity contribution in [2.24, 2.45) is 5.73 Å². The Labute approximate surface area is 104 Å². The number of ether oxygens (including phenoxy) is 1. The van der Waals surface area contributed by atoms with Crippen LogP contribution in [-0.4, -0.2) is 23.1 Å². The van der Waals surface area contributed by atoms with Gasteiger partial charge in [0, 0.05) is 18.3 Å². The molecule has 1 heterocycles. The Kier molecular flexibility index (Phi) is 3.93. The van der Waals surface area contributed by atoms with Crippen molar-refractivity contribution in [3.8, 4) is 5.75 Å². The van der Waals surface area contributed by atoms with E-state index in [4.69, 9.17) is 10.5 Å². The van der Waals surface area contributed by atoms with Crippen molar-refractivity contribution in [1.82, 2.24) is 9.97 Å². The van der Waals surface area contributed by atoms with Crippen LogP contribution >= 0.6 is 0 Å². The number of benzene rings is 1. The monoisotopic (exact) mass is 246 g/mol. The molecule has 6 heteroatoms. The number of anilines is 2. The molecule has 0 aliphatic heterocycles. The van der Waals surface area contributed by atoms with E-state index in [1.807, 2.05) is 24.3 Å². The zero-order valence-electron chi connectivity index (χ0n) is 9.72. The molecule has 0 bridgehead atoms. The van der Waals surface area contributed by atoms with Gasteiger partial charge in [0.1, 0.15) is 18.2 Å². The molecule has 0 unspecified atom stereocenters. The van der Waals surface area contributed by atoms with Crippen molar-refractivity contribution in [2.75, 3.05) is 18.5 Å². The molecular formula is C12H14N4O2. The highest BCUT2D eigenvalue weighted by Crippen LogP contribution is 2.17. The van der Waals surface area contributed by atoms with Gasteiger partial charge in [0.25, 0.3) is 5.56 Å². The first-order valence-corrected chi connectivity index (χ1v) is 5.52. The van der Waals surface area contributed by atoms with E-state index in [-0.39, 0.29) is 5.56 Å². The zero-order chi connectivity index (χ0) is 12.8. The zero-order valence-corrected chi connectivity index (χ0v) is 9.72. The standard InChI is InChI=1S/C12H14N4O2/c13-5-6-18-10-3-1-9(2-4-10)16-11-7-12(17)15-8-14-11/h1-4,7-8H,5-6,13H2,(H2,14,15,16,17). The number of aromatic amines is 1. The number of nitrogens with two attached hydrogens (primary N) is 1. The molecule has 0 saturated heterocycles. The normalized spacial score (nSPS) is 10.1. The third-order valence-electron chi connectivity index (χ3n) is 2.19. The van der Waals surface area contributed by atoms with Crippen LogP contribution in [-0.2, 0) is 0 Å². The number of hydrogen-bond acceptors (Lipinski definition) is 5. The molecule has 0 aliphatic carbocycles. The number of hydrogen-bond donors (Lipinski definition) is 3. The summed E-state index contributed by atoms with van der Waals surface area (Å²) in [6.45, 7) is 0.971. The minimum absolute atomic E-state index is 0.199. The second-order valence-electron chi connectivity index (χ2n) is 3.58. The van der Waals surface area contributed by atoms with Crippen molar-refractivity contribution < 1.29 is 4.74 Å². The Morgan fingerprint density at radius 2 is 2.11 bits per heavy atom. The summed E-state index contributed by atoms with van der Waals surface area (Å²) in [6, 6.07) is 8.72. The molecular weight excluding hydrogens is 232 g/mol. The van der Waals surface area contributed by atoms with Gasteiger partial charge in [-0.05, 0) is 24.3 Å². The van der Waals surface area contributed by atoms with E-state index in [1.54, 1.807) is 0 Å². The smallest absolute Gasteiger partial charge is 0.252 e. The van der Waals surface area contributed by atoms with Crippen molar-refractivity contribution in [2.45, 2.75) is 0 Å². The molecule has 0 saturated carbocycles. The first-order valence-electron chi connectivity index (χ1n) is 5.52. The van der Waals surface area contributed by atoms with Crippen LogP contribution in [0.2, 0.25) is 0 Å². The predicted molar refractivity (Wildman–Crippen MR) is 69.1 cm³/mol. The lowest BCUT2D eigenvalue weighted by Gasteiger charge is -2.07. The Bertz CT molecular complexity index is 551. The minimum Gasteiger partial charge on any atom is -0.492 e. The first kappa shape index (κ1) is 12.1. The second kappa shape index (κ2) is 5.83. The Morgan fingerprint density at radius 1 is 1.33 bits per heavy atom. The van der Waals surface area contributed by atoms with Crippen LogP contribution in [0, 0.1) is 0 Å². The maximum absolute atomic E-state index is 11.1. The SMILES string of the molecule is NCCOc1ccc(Nc2cc(=O)[nH]cn2)cc1. The molecule has 0 aliphatic rings. The molecule has 2 aromatic rings. The summed E-state index contributed by atoms with van der Waals surface area (Å²) in [6.07, 6.45) is 1.35. The lowest BCUT2D eigenvalue weighted by Crippen LogP contribution is -2.10. The Balaban J connectivity index is 2.04. The van der Waals surface area contributed by atoms with E-state index >= 15 is 0 Å². The van der Waals surface area contributed by atoms with E-state index in [9.17, 15) is 4.79 Å². The summed E-state index contributed by atoms with van der Waals surface area (Å²) >= 11 is 0. The summed E-state index contributed by atoms with van der Waals surface area (Å²) in [4.78, 5) is 17.5. The van der Waals surface area contributed by atoms with E-state index in [2.05, 4.69) is 15.3 Å². The van der Waals surface area contributed by atoms with Crippen LogP contribution in [0.1, 0.15) is 0 Å². The van der Waals surface area contributed by atoms with E-state index in [0.717, 1.165) is 11.4 Å². The summed E-state index contributed by atoms with van der Waals surface area (Å²) in [5.74, 6) is 1.25. The summed E-state index contributed by atoms with van der Waals surface area (Å²) in [5.41, 5.74) is 5.97. The quantitative estimate of drug-likeness (QED) is 0.727. The van der Waals surface area contributed by atoms with Crippen molar-refractivity contribution >= 4 is 11.5 Å². The van der Waals surface area contributed by atoms with Crippen LogP contribution in [0.15, 0.2) is 41.5 Å². The van der Waals surface area contributed by atoms with Gasteiger partial charge in [0.05, 0.1) is 6.33 Å². The van der Waals surface area contributed by atoms with Crippen LogP contribution in [0.4, 0.5) is 11.5 Å². The van der Waals surface area contributed by atoms with E-state index < -0.39 is 0 Å². The minimum atomic E-state index is -0.199. The largest absolute Gasteiger partial charge is 0.492 e. The lowest BCUT2D eigenvalue weighted by molar-refractivity contribution is 0.328. The fraction of sp³-hybridized carbons (Fsp3) is 0.167. The molecule has 94 valence electrons. The van der Waals surface area contributed by atoms with Crippen LogP contribution in [0.5, 0.6) is 5.75 Å². The maximum atomic E-state index is 11.1. The van der Waals surface area contributed by atoms with Crippen molar-refractivity contribution in [3.05, 3.63) is 47.0 Å².